The minimum atomic E-state index is -0.562. The number of hydrogen-bond donors (Lipinski definition) is 1. The Balaban J connectivity index is 1.14. The van der Waals surface area contributed by atoms with Crippen LogP contribution in [0.1, 0.15) is 55.9 Å². The van der Waals surface area contributed by atoms with E-state index in [0.29, 0.717) is 24.2 Å². The van der Waals surface area contributed by atoms with Gasteiger partial charge < -0.3 is 14.9 Å². The number of aliphatic hydroxyl groups is 1. The van der Waals surface area contributed by atoms with Crippen molar-refractivity contribution >= 4 is 5.78 Å². The monoisotopic (exact) mass is 437 g/mol. The highest BCUT2D eigenvalue weighted by molar-refractivity contribution is 5.92. The van der Waals surface area contributed by atoms with E-state index >= 15 is 0 Å². The lowest BCUT2D eigenvalue weighted by Crippen LogP contribution is -2.47. The molecule has 0 amide bonds. The third-order valence-electron chi connectivity index (χ3n) is 7.59. The van der Waals surface area contributed by atoms with Gasteiger partial charge in [0.05, 0.1) is 6.10 Å². The Hall–Kier alpha value is -2.65. The Bertz CT molecular complexity index is 986. The lowest BCUT2D eigenvalue weighted by molar-refractivity contribution is -0.114. The van der Waals surface area contributed by atoms with Gasteiger partial charge in [-0.2, -0.15) is 4.68 Å². The van der Waals surface area contributed by atoms with E-state index in [1.165, 1.54) is 42.4 Å². The molecule has 2 aromatic heterocycles. The SMILES string of the molecule is Cc1nc(-n2cnnn2)ccc1C(O)CN1CCC2(CC1)CCN(C1=CC(=O)CC1)CC2. The molecule has 5 rings (SSSR count). The van der Waals surface area contributed by atoms with Crippen molar-refractivity contribution in [3.05, 3.63) is 41.5 Å². The average molecular weight is 438 g/mol. The molecule has 1 N–H and O–H groups in total. The topological polar surface area (TPSA) is 100 Å². The van der Waals surface area contributed by atoms with Gasteiger partial charge in [-0.1, -0.05) is 6.07 Å². The van der Waals surface area contributed by atoms with Crippen LogP contribution in [0.4, 0.5) is 0 Å². The predicted molar refractivity (Wildman–Crippen MR) is 118 cm³/mol. The number of allylic oxidation sites excluding steroid dienone is 2. The fraction of sp³-hybridized carbons (Fsp3) is 0.609. The molecule has 0 bridgehead atoms. The second-order valence-electron chi connectivity index (χ2n) is 9.50. The molecule has 1 atom stereocenters. The maximum absolute atomic E-state index is 11.6. The summed E-state index contributed by atoms with van der Waals surface area (Å²) in [4.78, 5) is 20.9. The molecule has 2 aromatic rings. The van der Waals surface area contributed by atoms with Crippen LogP contribution in [-0.2, 0) is 4.79 Å². The first-order valence-electron chi connectivity index (χ1n) is 11.6. The molecule has 32 heavy (non-hydrogen) atoms. The Morgan fingerprint density at radius 1 is 1.09 bits per heavy atom. The van der Waals surface area contributed by atoms with Gasteiger partial charge in [-0.25, -0.2) is 4.98 Å². The first kappa shape index (κ1) is 21.2. The summed E-state index contributed by atoms with van der Waals surface area (Å²) >= 11 is 0. The summed E-state index contributed by atoms with van der Waals surface area (Å²) in [7, 11) is 0. The van der Waals surface area contributed by atoms with Crippen molar-refractivity contribution in [2.45, 2.75) is 51.6 Å². The first-order valence-corrected chi connectivity index (χ1v) is 11.6. The average Bonchev–Trinajstić information content (AvgIpc) is 3.48. The smallest absolute Gasteiger partial charge is 0.157 e. The molecule has 0 aromatic carbocycles. The normalized spacial score (nSPS) is 22.4. The van der Waals surface area contributed by atoms with E-state index in [9.17, 15) is 9.90 Å². The molecule has 1 aliphatic carbocycles. The van der Waals surface area contributed by atoms with E-state index in [0.717, 1.165) is 43.9 Å². The Morgan fingerprint density at radius 3 is 2.47 bits per heavy atom. The fourth-order valence-electron chi connectivity index (χ4n) is 5.46. The molecule has 1 unspecified atom stereocenters. The van der Waals surface area contributed by atoms with Crippen molar-refractivity contribution in [1.29, 1.82) is 0 Å². The molecule has 0 radical (unpaired) electrons. The number of piperidine rings is 2. The van der Waals surface area contributed by atoms with Gasteiger partial charge in [-0.05, 0) is 74.0 Å². The lowest BCUT2D eigenvalue weighted by atomic mass is 9.71. The van der Waals surface area contributed by atoms with Crippen LogP contribution in [-0.4, -0.2) is 78.6 Å². The highest BCUT2D eigenvalue weighted by Gasteiger charge is 2.38. The number of aryl methyl sites for hydroxylation is 1. The third kappa shape index (κ3) is 4.31. The van der Waals surface area contributed by atoms with Crippen LogP contribution in [0.2, 0.25) is 0 Å². The molecule has 2 saturated heterocycles. The van der Waals surface area contributed by atoms with E-state index in [2.05, 4.69) is 30.3 Å². The van der Waals surface area contributed by atoms with E-state index in [4.69, 9.17) is 0 Å². The molecule has 3 aliphatic rings. The zero-order valence-corrected chi connectivity index (χ0v) is 18.7. The molecule has 4 heterocycles. The quantitative estimate of drug-likeness (QED) is 0.756. The molecule has 2 fully saturated rings. The number of nitrogens with zero attached hydrogens (tertiary/aromatic N) is 7. The van der Waals surface area contributed by atoms with Gasteiger partial charge in [-0.15, -0.1) is 5.10 Å². The van der Waals surface area contributed by atoms with Crippen LogP contribution >= 0.6 is 0 Å². The number of tetrazole rings is 1. The van der Waals surface area contributed by atoms with Crippen molar-refractivity contribution in [1.82, 2.24) is 35.0 Å². The Labute approximate surface area is 188 Å². The fourth-order valence-corrected chi connectivity index (χ4v) is 5.46. The molecule has 0 saturated carbocycles. The zero-order valence-electron chi connectivity index (χ0n) is 18.7. The van der Waals surface area contributed by atoms with Gasteiger partial charge in [-0.3, -0.25) is 4.79 Å². The molecular weight excluding hydrogens is 406 g/mol. The van der Waals surface area contributed by atoms with Crippen molar-refractivity contribution in [3.8, 4) is 5.82 Å². The molecule has 2 aliphatic heterocycles. The standard InChI is InChI=1S/C23H31N7O2/c1-17-20(4-5-22(25-17)30-16-24-26-27-30)21(32)15-28-10-6-23(7-11-28)8-12-29(13-9-23)18-2-3-19(31)14-18/h4-5,14,16,21,32H,2-3,6-13,15H2,1H3. The minimum Gasteiger partial charge on any atom is -0.387 e. The number of ketones is 1. The van der Waals surface area contributed by atoms with E-state index in [1.807, 2.05) is 25.1 Å². The van der Waals surface area contributed by atoms with Crippen molar-refractivity contribution < 1.29 is 9.90 Å². The Kier molecular flexibility index (Phi) is 5.77. The summed E-state index contributed by atoms with van der Waals surface area (Å²) in [5.41, 5.74) is 3.33. The number of aromatic nitrogens is 5. The molecule has 170 valence electrons. The highest BCUT2D eigenvalue weighted by Crippen LogP contribution is 2.42. The number of pyridine rings is 1. The van der Waals surface area contributed by atoms with E-state index < -0.39 is 6.10 Å². The van der Waals surface area contributed by atoms with Crippen LogP contribution in [0.25, 0.3) is 5.82 Å². The van der Waals surface area contributed by atoms with Crippen molar-refractivity contribution in [3.63, 3.8) is 0 Å². The van der Waals surface area contributed by atoms with Crippen molar-refractivity contribution in [2.24, 2.45) is 5.41 Å². The largest absolute Gasteiger partial charge is 0.387 e. The van der Waals surface area contributed by atoms with Crippen molar-refractivity contribution in [2.75, 3.05) is 32.7 Å². The number of β-amino-alcohol motifs (C(OH)–C–C–N with tert-alkyl or cyclic N) is 1. The van der Waals surface area contributed by atoms with Crippen LogP contribution in [0.5, 0.6) is 0 Å². The van der Waals surface area contributed by atoms with Crippen LogP contribution < -0.4 is 0 Å². The van der Waals surface area contributed by atoms with Crippen LogP contribution in [0.15, 0.2) is 30.2 Å². The summed E-state index contributed by atoms with van der Waals surface area (Å²) < 4.78 is 1.51. The molecule has 9 heteroatoms. The number of aliphatic hydroxyl groups excluding tert-OH is 1. The number of hydrogen-bond acceptors (Lipinski definition) is 8. The highest BCUT2D eigenvalue weighted by atomic mass is 16.3. The van der Waals surface area contributed by atoms with Gasteiger partial charge in [0, 0.05) is 49.1 Å². The lowest BCUT2D eigenvalue weighted by Gasteiger charge is -2.48. The summed E-state index contributed by atoms with van der Waals surface area (Å²) in [6.07, 6.45) is 9.18. The van der Waals surface area contributed by atoms with Gasteiger partial charge >= 0.3 is 0 Å². The molecular formula is C23H31N7O2. The third-order valence-corrected chi connectivity index (χ3v) is 7.59. The molecule has 1 spiro atoms. The predicted octanol–water partition coefficient (Wildman–Crippen LogP) is 1.82. The summed E-state index contributed by atoms with van der Waals surface area (Å²) in [6, 6.07) is 3.77. The summed E-state index contributed by atoms with van der Waals surface area (Å²) in [5, 5.41) is 22.0. The Morgan fingerprint density at radius 2 is 1.84 bits per heavy atom. The number of carbonyl (C=O) groups excluding carboxylic acids is 1. The zero-order chi connectivity index (χ0) is 22.1. The second-order valence-corrected chi connectivity index (χ2v) is 9.50. The first-order chi connectivity index (χ1) is 15.5. The number of likely N-dealkylation sites (tertiary alicyclic amines) is 2. The summed E-state index contributed by atoms with van der Waals surface area (Å²) in [5.74, 6) is 0.926. The van der Waals surface area contributed by atoms with Gasteiger partial charge in [0.25, 0.3) is 0 Å². The van der Waals surface area contributed by atoms with E-state index in [1.54, 1.807) is 0 Å². The molecule has 9 nitrogen and oxygen atoms in total. The van der Waals surface area contributed by atoms with E-state index in [-0.39, 0.29) is 5.78 Å². The van der Waals surface area contributed by atoms with Gasteiger partial charge in [0.2, 0.25) is 0 Å². The number of rotatable bonds is 5. The maximum atomic E-state index is 11.6. The number of carbonyl (C=O) groups is 1. The minimum absolute atomic E-state index is 0.280. The van der Waals surface area contributed by atoms with Gasteiger partial charge in [0.1, 0.15) is 6.33 Å². The van der Waals surface area contributed by atoms with Crippen LogP contribution in [0.3, 0.4) is 0 Å². The summed E-state index contributed by atoms with van der Waals surface area (Å²) in [6.45, 7) is 6.73. The van der Waals surface area contributed by atoms with Crippen LogP contribution in [0, 0.1) is 12.3 Å². The maximum Gasteiger partial charge on any atom is 0.157 e. The van der Waals surface area contributed by atoms with Gasteiger partial charge in [0.15, 0.2) is 11.6 Å². The second kappa shape index (κ2) is 8.71.